The molecule has 142 valence electrons. The molecule has 1 heteroatoms. The lowest BCUT2D eigenvalue weighted by atomic mass is 9.42. The van der Waals surface area contributed by atoms with Crippen LogP contribution in [-0.2, 0) is 0 Å². The minimum atomic E-state index is 0.573. The van der Waals surface area contributed by atoms with E-state index in [1.807, 2.05) is 0 Å². The van der Waals surface area contributed by atoms with Gasteiger partial charge in [0, 0.05) is 18.4 Å². The molecule has 0 atom stereocenters. The first kappa shape index (κ1) is 20.6. The first-order chi connectivity index (χ1) is 12.0. The standard InChI is InChI=1S/C15H17N.C10H20/c1-12-4-8-14(9-5-12)16(3)15-10-6-13(2)7-11-15;1-7-9(3,4)8(2)10(7,5)6/h4-11H,1-3H3;7-8H,1-6H3. The molecule has 0 amide bonds. The van der Waals surface area contributed by atoms with Crippen molar-refractivity contribution >= 4 is 11.4 Å². The van der Waals surface area contributed by atoms with Crippen LogP contribution in [0.5, 0.6) is 0 Å². The molecule has 0 unspecified atom stereocenters. The Labute approximate surface area is 161 Å². The summed E-state index contributed by atoms with van der Waals surface area (Å²) in [5, 5.41) is 0. The molecule has 1 saturated carbocycles. The van der Waals surface area contributed by atoms with Gasteiger partial charge in [-0.15, -0.1) is 0 Å². The molecule has 0 N–H and O–H groups in total. The Morgan fingerprint density at radius 3 is 1.12 bits per heavy atom. The van der Waals surface area contributed by atoms with E-state index >= 15 is 0 Å². The highest BCUT2D eigenvalue weighted by molar-refractivity contribution is 5.62. The van der Waals surface area contributed by atoms with Crippen LogP contribution in [0, 0.1) is 36.5 Å². The summed E-state index contributed by atoms with van der Waals surface area (Å²) in [5.41, 5.74) is 6.17. The summed E-state index contributed by atoms with van der Waals surface area (Å²) in [6.45, 7) is 18.5. The van der Waals surface area contributed by atoms with Gasteiger partial charge in [0.2, 0.25) is 0 Å². The van der Waals surface area contributed by atoms with E-state index in [4.69, 9.17) is 0 Å². The number of hydrogen-bond donors (Lipinski definition) is 0. The monoisotopic (exact) mass is 351 g/mol. The van der Waals surface area contributed by atoms with Crippen molar-refractivity contribution < 1.29 is 0 Å². The third-order valence-corrected chi connectivity index (χ3v) is 7.31. The highest BCUT2D eigenvalue weighted by Gasteiger charge is 2.56. The Morgan fingerprint density at radius 1 is 0.615 bits per heavy atom. The zero-order valence-electron chi connectivity index (χ0n) is 18.2. The number of hydrogen-bond acceptors (Lipinski definition) is 1. The maximum atomic E-state index is 2.38. The minimum Gasteiger partial charge on any atom is -0.345 e. The van der Waals surface area contributed by atoms with Crippen molar-refractivity contribution in [2.45, 2.75) is 55.4 Å². The number of nitrogens with zero attached hydrogens (tertiary/aromatic N) is 1. The lowest BCUT2D eigenvalue weighted by Crippen LogP contribution is -2.56. The maximum Gasteiger partial charge on any atom is 0.0408 e. The fourth-order valence-corrected chi connectivity index (χ4v) is 4.26. The molecule has 0 aromatic heterocycles. The second-order valence-electron chi connectivity index (χ2n) is 9.32. The summed E-state index contributed by atoms with van der Waals surface area (Å²) >= 11 is 0. The molecule has 1 nitrogen and oxygen atoms in total. The second-order valence-corrected chi connectivity index (χ2v) is 9.32. The van der Waals surface area contributed by atoms with E-state index in [1.54, 1.807) is 0 Å². The Balaban J connectivity index is 0.000000209. The first-order valence-electron chi connectivity index (χ1n) is 9.85. The Kier molecular flexibility index (Phi) is 5.90. The van der Waals surface area contributed by atoms with Crippen LogP contribution in [-0.4, -0.2) is 7.05 Å². The molecule has 0 bridgehead atoms. The van der Waals surface area contributed by atoms with Crippen LogP contribution in [0.4, 0.5) is 11.4 Å². The van der Waals surface area contributed by atoms with Crippen molar-refractivity contribution in [1.29, 1.82) is 0 Å². The SMILES string of the molecule is CC1C(C)(C)C(C)C1(C)C.Cc1ccc(N(C)c2ccc(C)cc2)cc1. The lowest BCUT2D eigenvalue weighted by Gasteiger charge is -2.62. The highest BCUT2D eigenvalue weighted by Crippen LogP contribution is 2.62. The minimum absolute atomic E-state index is 0.573. The molecule has 1 aliphatic carbocycles. The van der Waals surface area contributed by atoms with E-state index in [1.165, 1.54) is 22.5 Å². The summed E-state index contributed by atoms with van der Waals surface area (Å²) in [7, 11) is 2.09. The van der Waals surface area contributed by atoms with Crippen LogP contribution in [0.3, 0.4) is 0 Å². The van der Waals surface area contributed by atoms with Gasteiger partial charge >= 0.3 is 0 Å². The van der Waals surface area contributed by atoms with E-state index in [-0.39, 0.29) is 0 Å². The van der Waals surface area contributed by atoms with Gasteiger partial charge in [-0.3, -0.25) is 0 Å². The van der Waals surface area contributed by atoms with Gasteiger partial charge in [-0.25, -0.2) is 0 Å². The van der Waals surface area contributed by atoms with Gasteiger partial charge in [0.05, 0.1) is 0 Å². The van der Waals surface area contributed by atoms with Gasteiger partial charge in [0.15, 0.2) is 0 Å². The van der Waals surface area contributed by atoms with E-state index in [0.717, 1.165) is 11.8 Å². The van der Waals surface area contributed by atoms with Crippen molar-refractivity contribution in [3.05, 3.63) is 59.7 Å². The molecule has 1 aliphatic rings. The van der Waals surface area contributed by atoms with Crippen molar-refractivity contribution in [1.82, 2.24) is 0 Å². The first-order valence-corrected chi connectivity index (χ1v) is 9.85. The van der Waals surface area contributed by atoms with Crippen LogP contribution in [0.2, 0.25) is 0 Å². The Morgan fingerprint density at radius 2 is 0.885 bits per heavy atom. The quantitative estimate of drug-likeness (QED) is 0.545. The molecule has 1 fully saturated rings. The highest BCUT2D eigenvalue weighted by atomic mass is 15.1. The smallest absolute Gasteiger partial charge is 0.0408 e. The molecule has 3 rings (SSSR count). The molecule has 0 saturated heterocycles. The van der Waals surface area contributed by atoms with Gasteiger partial charge in [-0.05, 0) is 60.8 Å². The molecule has 26 heavy (non-hydrogen) atoms. The van der Waals surface area contributed by atoms with Gasteiger partial charge in [-0.1, -0.05) is 76.9 Å². The summed E-state index contributed by atoms with van der Waals surface area (Å²) in [6.07, 6.45) is 0. The number of benzene rings is 2. The van der Waals surface area contributed by atoms with Gasteiger partial charge < -0.3 is 4.90 Å². The van der Waals surface area contributed by atoms with Crippen molar-refractivity contribution in [2.24, 2.45) is 22.7 Å². The molecule has 2 aromatic rings. The Bertz CT molecular complexity index is 631. The fraction of sp³-hybridized carbons (Fsp3) is 0.520. The third kappa shape index (κ3) is 3.98. The second kappa shape index (κ2) is 7.47. The largest absolute Gasteiger partial charge is 0.345 e. The summed E-state index contributed by atoms with van der Waals surface area (Å²) in [4.78, 5) is 2.19. The average Bonchev–Trinajstić information content (AvgIpc) is 2.61. The summed E-state index contributed by atoms with van der Waals surface area (Å²) in [6, 6.07) is 17.1. The molecule has 0 radical (unpaired) electrons. The Hall–Kier alpha value is -1.76. The van der Waals surface area contributed by atoms with E-state index < -0.39 is 0 Å². The molecule has 0 heterocycles. The van der Waals surface area contributed by atoms with Crippen LogP contribution in [0.15, 0.2) is 48.5 Å². The fourth-order valence-electron chi connectivity index (χ4n) is 4.26. The van der Waals surface area contributed by atoms with Crippen LogP contribution < -0.4 is 4.90 Å². The zero-order chi connectivity index (χ0) is 19.7. The topological polar surface area (TPSA) is 3.24 Å². The van der Waals surface area contributed by atoms with E-state index in [9.17, 15) is 0 Å². The molecule has 0 aliphatic heterocycles. The number of rotatable bonds is 2. The van der Waals surface area contributed by atoms with Crippen LogP contribution >= 0.6 is 0 Å². The van der Waals surface area contributed by atoms with E-state index in [0.29, 0.717) is 10.8 Å². The number of anilines is 2. The maximum absolute atomic E-state index is 2.38. The summed E-state index contributed by atoms with van der Waals surface area (Å²) < 4.78 is 0. The van der Waals surface area contributed by atoms with Crippen molar-refractivity contribution in [3.8, 4) is 0 Å². The molecular weight excluding hydrogens is 314 g/mol. The molecular formula is C25H37N. The number of aryl methyl sites for hydroxylation is 2. The summed E-state index contributed by atoms with van der Waals surface area (Å²) in [5.74, 6) is 1.74. The average molecular weight is 352 g/mol. The normalized spacial score (nSPS) is 22.7. The van der Waals surface area contributed by atoms with E-state index in [2.05, 4.69) is 116 Å². The molecule has 2 aromatic carbocycles. The van der Waals surface area contributed by atoms with Crippen LogP contribution in [0.25, 0.3) is 0 Å². The van der Waals surface area contributed by atoms with Gasteiger partial charge in [0.1, 0.15) is 0 Å². The van der Waals surface area contributed by atoms with Gasteiger partial charge in [0.25, 0.3) is 0 Å². The van der Waals surface area contributed by atoms with Gasteiger partial charge in [-0.2, -0.15) is 0 Å². The lowest BCUT2D eigenvalue weighted by molar-refractivity contribution is -0.141. The van der Waals surface area contributed by atoms with Crippen molar-refractivity contribution in [3.63, 3.8) is 0 Å². The third-order valence-electron chi connectivity index (χ3n) is 7.31. The van der Waals surface area contributed by atoms with Crippen LogP contribution in [0.1, 0.15) is 52.7 Å². The van der Waals surface area contributed by atoms with Crippen molar-refractivity contribution in [2.75, 3.05) is 11.9 Å². The zero-order valence-corrected chi connectivity index (χ0v) is 18.2. The predicted molar refractivity (Wildman–Crippen MR) is 116 cm³/mol. The predicted octanol–water partition coefficient (Wildman–Crippen LogP) is 7.40. The molecule has 0 spiro atoms.